The number of nitrogens with zero attached hydrogens (tertiary/aromatic N) is 6. The maximum absolute atomic E-state index is 6.66. The van der Waals surface area contributed by atoms with E-state index in [1.165, 1.54) is 0 Å². The van der Waals surface area contributed by atoms with E-state index in [1.807, 2.05) is 55.4 Å². The first-order valence-corrected chi connectivity index (χ1v) is 11.9. The maximum Gasteiger partial charge on any atom is 0.171 e. The van der Waals surface area contributed by atoms with Crippen LogP contribution in [0.4, 0.5) is 17.3 Å². The summed E-state index contributed by atoms with van der Waals surface area (Å²) < 4.78 is 10.8. The Hall–Kier alpha value is -3.11. The molecule has 182 valence electrons. The molecule has 2 aromatic rings. The number of hydrogen-bond acceptors (Lipinski definition) is 8. The Kier molecular flexibility index (Phi) is 7.69. The number of thiocarbonyl (C=S) groups is 1. The molecular weight excluding hydrogens is 450 g/mol. The van der Waals surface area contributed by atoms with Crippen molar-refractivity contribution in [1.82, 2.24) is 19.8 Å². The summed E-state index contributed by atoms with van der Waals surface area (Å²) >= 11 is 5.55. The lowest BCUT2D eigenvalue weighted by atomic mass is 10.2. The van der Waals surface area contributed by atoms with Gasteiger partial charge in [0.15, 0.2) is 22.6 Å². The number of nitrogen functional groups attached to an aromatic ring is 1. The van der Waals surface area contributed by atoms with Crippen molar-refractivity contribution in [2.45, 2.75) is 0 Å². The van der Waals surface area contributed by atoms with Gasteiger partial charge in [0.1, 0.15) is 11.4 Å². The Morgan fingerprint density at radius 3 is 2.12 bits per heavy atom. The van der Waals surface area contributed by atoms with Crippen LogP contribution < -0.4 is 20.3 Å². The molecule has 2 aliphatic heterocycles. The number of anilines is 3. The van der Waals surface area contributed by atoms with Crippen molar-refractivity contribution in [3.8, 4) is 5.75 Å². The molecule has 2 N–H and O–H groups in total. The molecule has 4 rings (SSSR count). The van der Waals surface area contributed by atoms with E-state index in [-0.39, 0.29) is 0 Å². The van der Waals surface area contributed by atoms with Crippen molar-refractivity contribution in [2.24, 2.45) is 0 Å². The first-order valence-electron chi connectivity index (χ1n) is 11.5. The summed E-state index contributed by atoms with van der Waals surface area (Å²) in [5.41, 5.74) is 8.32. The number of methoxy groups -OCH3 is 1. The van der Waals surface area contributed by atoms with E-state index in [9.17, 15) is 0 Å². The monoisotopic (exact) mass is 483 g/mol. The van der Waals surface area contributed by atoms with Crippen LogP contribution in [-0.2, 0) is 4.74 Å². The Morgan fingerprint density at radius 1 is 0.971 bits per heavy atom. The van der Waals surface area contributed by atoms with E-state index >= 15 is 0 Å². The van der Waals surface area contributed by atoms with E-state index in [0.29, 0.717) is 24.7 Å². The van der Waals surface area contributed by atoms with Gasteiger partial charge >= 0.3 is 0 Å². The molecular formula is C24H33N7O2S. The van der Waals surface area contributed by atoms with Crippen LogP contribution in [0.2, 0.25) is 0 Å². The molecule has 0 bridgehead atoms. The normalized spacial score (nSPS) is 16.7. The highest BCUT2D eigenvalue weighted by molar-refractivity contribution is 7.80. The quantitative estimate of drug-likeness (QED) is 0.638. The second-order valence-corrected chi connectivity index (χ2v) is 8.86. The van der Waals surface area contributed by atoms with Crippen LogP contribution in [0.15, 0.2) is 24.3 Å². The van der Waals surface area contributed by atoms with Crippen LogP contribution in [0.1, 0.15) is 11.4 Å². The molecule has 0 atom stereocenters. The molecule has 0 saturated carbocycles. The minimum atomic E-state index is 0.618. The van der Waals surface area contributed by atoms with E-state index in [1.54, 1.807) is 7.11 Å². The maximum atomic E-state index is 6.66. The van der Waals surface area contributed by atoms with E-state index < -0.39 is 0 Å². The summed E-state index contributed by atoms with van der Waals surface area (Å²) in [5.74, 6) is 3.01. The lowest BCUT2D eigenvalue weighted by molar-refractivity contribution is 0.122. The zero-order chi connectivity index (χ0) is 24.1. The predicted molar refractivity (Wildman–Crippen MR) is 141 cm³/mol. The van der Waals surface area contributed by atoms with Gasteiger partial charge in [0.25, 0.3) is 0 Å². The van der Waals surface area contributed by atoms with Crippen molar-refractivity contribution < 1.29 is 9.47 Å². The van der Waals surface area contributed by atoms with Crippen molar-refractivity contribution >= 4 is 46.8 Å². The topological polar surface area (TPSA) is 83.2 Å². The summed E-state index contributed by atoms with van der Waals surface area (Å²) in [5, 5.41) is 0.854. The SMILES string of the molecule is COc1ccc(/C=C/c2nc(N3CCOCC3)c(N)c(N3CCN(C(=S)N(C)C)CC3)n2)cc1. The van der Waals surface area contributed by atoms with Crippen LogP contribution in [0.25, 0.3) is 12.2 Å². The predicted octanol–water partition coefficient (Wildman–Crippen LogP) is 2.04. The molecule has 2 aliphatic rings. The summed E-state index contributed by atoms with van der Waals surface area (Å²) in [7, 11) is 5.62. The summed E-state index contributed by atoms with van der Waals surface area (Å²) in [4.78, 5) is 18.3. The number of hydrogen-bond donors (Lipinski definition) is 1. The van der Waals surface area contributed by atoms with Gasteiger partial charge in [-0.05, 0) is 36.0 Å². The van der Waals surface area contributed by atoms with Gasteiger partial charge in [-0.1, -0.05) is 18.2 Å². The third-order valence-electron chi connectivity index (χ3n) is 6.01. The fraction of sp³-hybridized carbons (Fsp3) is 0.458. The fourth-order valence-electron chi connectivity index (χ4n) is 4.07. The lowest BCUT2D eigenvalue weighted by Crippen LogP contribution is -2.51. The summed E-state index contributed by atoms with van der Waals surface area (Å²) in [6, 6.07) is 7.88. The fourth-order valence-corrected chi connectivity index (χ4v) is 4.25. The number of piperazine rings is 1. The van der Waals surface area contributed by atoms with E-state index in [2.05, 4.69) is 14.7 Å². The van der Waals surface area contributed by atoms with Gasteiger partial charge in [0.2, 0.25) is 0 Å². The Balaban J connectivity index is 1.61. The highest BCUT2D eigenvalue weighted by Crippen LogP contribution is 2.32. The molecule has 2 fully saturated rings. The number of aromatic nitrogens is 2. The third-order valence-corrected chi connectivity index (χ3v) is 6.63. The van der Waals surface area contributed by atoms with Gasteiger partial charge in [-0.3, -0.25) is 0 Å². The molecule has 0 aliphatic carbocycles. The summed E-state index contributed by atoms with van der Waals surface area (Å²) in [6.07, 6.45) is 3.94. The number of ether oxygens (including phenoxy) is 2. The first-order chi connectivity index (χ1) is 16.5. The van der Waals surface area contributed by atoms with Crippen LogP contribution in [0.3, 0.4) is 0 Å². The van der Waals surface area contributed by atoms with Crippen LogP contribution in [0, 0.1) is 0 Å². The number of morpholine rings is 1. The largest absolute Gasteiger partial charge is 0.497 e. The molecule has 10 heteroatoms. The molecule has 0 amide bonds. The standard InChI is InChI=1S/C24H33N7O2S/c1-28(2)24(34)31-12-10-29(11-13-31)22-21(25)23(30-14-16-33-17-15-30)27-20(26-22)9-6-18-4-7-19(32-3)8-5-18/h4-9H,10-17,25H2,1-3H3/b9-6+. The number of benzene rings is 1. The Morgan fingerprint density at radius 2 is 1.56 bits per heavy atom. The van der Waals surface area contributed by atoms with Crippen molar-refractivity contribution in [1.29, 1.82) is 0 Å². The molecule has 1 aromatic heterocycles. The van der Waals surface area contributed by atoms with Crippen molar-refractivity contribution in [3.05, 3.63) is 35.7 Å². The van der Waals surface area contributed by atoms with Gasteiger partial charge in [-0.15, -0.1) is 0 Å². The molecule has 2 saturated heterocycles. The highest BCUT2D eigenvalue weighted by Gasteiger charge is 2.26. The smallest absolute Gasteiger partial charge is 0.171 e. The van der Waals surface area contributed by atoms with Crippen LogP contribution in [0.5, 0.6) is 5.75 Å². The Bertz CT molecular complexity index is 1010. The second-order valence-electron chi connectivity index (χ2n) is 8.50. The Labute approximate surface area is 206 Å². The average Bonchev–Trinajstić information content (AvgIpc) is 2.88. The zero-order valence-corrected chi connectivity index (χ0v) is 20.9. The van der Waals surface area contributed by atoms with Gasteiger partial charge in [-0.2, -0.15) is 0 Å². The van der Waals surface area contributed by atoms with E-state index in [0.717, 1.165) is 67.3 Å². The van der Waals surface area contributed by atoms with Gasteiger partial charge in [-0.25, -0.2) is 9.97 Å². The number of rotatable bonds is 5. The van der Waals surface area contributed by atoms with Crippen LogP contribution in [-0.4, -0.2) is 98.6 Å². The van der Waals surface area contributed by atoms with Gasteiger partial charge < -0.3 is 34.8 Å². The second kappa shape index (κ2) is 10.9. The van der Waals surface area contributed by atoms with Gasteiger partial charge in [0.05, 0.1) is 20.3 Å². The minimum Gasteiger partial charge on any atom is -0.497 e. The zero-order valence-electron chi connectivity index (χ0n) is 20.1. The average molecular weight is 484 g/mol. The molecule has 1 aromatic carbocycles. The molecule has 9 nitrogen and oxygen atoms in total. The lowest BCUT2D eigenvalue weighted by Gasteiger charge is -2.39. The molecule has 34 heavy (non-hydrogen) atoms. The first kappa shape index (κ1) is 24.0. The third kappa shape index (κ3) is 5.51. The van der Waals surface area contributed by atoms with Crippen molar-refractivity contribution in [2.75, 3.05) is 89.2 Å². The highest BCUT2D eigenvalue weighted by atomic mass is 32.1. The molecule has 3 heterocycles. The molecule has 0 radical (unpaired) electrons. The summed E-state index contributed by atoms with van der Waals surface area (Å²) in [6.45, 7) is 6.07. The molecule has 0 spiro atoms. The van der Waals surface area contributed by atoms with Crippen molar-refractivity contribution in [3.63, 3.8) is 0 Å². The van der Waals surface area contributed by atoms with Crippen LogP contribution >= 0.6 is 12.2 Å². The van der Waals surface area contributed by atoms with E-state index in [4.69, 9.17) is 37.4 Å². The molecule has 0 unspecified atom stereocenters. The number of nitrogens with two attached hydrogens (primary N) is 1. The minimum absolute atomic E-state index is 0.618. The van der Waals surface area contributed by atoms with Gasteiger partial charge in [0, 0.05) is 53.4 Å².